The second-order valence-corrected chi connectivity index (χ2v) is 5.37. The number of anilines is 1. The third kappa shape index (κ3) is 2.26. The highest BCUT2D eigenvalue weighted by Crippen LogP contribution is 2.36. The van der Waals surface area contributed by atoms with E-state index in [9.17, 15) is 10.1 Å². The summed E-state index contributed by atoms with van der Waals surface area (Å²) >= 11 is 1.43. The van der Waals surface area contributed by atoms with E-state index in [2.05, 4.69) is 15.2 Å². The van der Waals surface area contributed by atoms with Crippen LogP contribution in [0.1, 0.15) is 6.42 Å². The van der Waals surface area contributed by atoms with Crippen LogP contribution in [0.15, 0.2) is 17.6 Å². The minimum atomic E-state index is -0.310. The van der Waals surface area contributed by atoms with Crippen LogP contribution in [0.5, 0.6) is 0 Å². The van der Waals surface area contributed by atoms with Gasteiger partial charge >= 0.3 is 5.69 Å². The van der Waals surface area contributed by atoms with Crippen molar-refractivity contribution in [3.63, 3.8) is 0 Å². The molecule has 0 unspecified atom stereocenters. The Morgan fingerprint density at radius 2 is 2.26 bits per heavy atom. The third-order valence-corrected chi connectivity index (χ3v) is 4.11. The number of fused-ring (bicyclic) bond motifs is 1. The number of nitro groups is 1. The summed E-state index contributed by atoms with van der Waals surface area (Å²) < 4.78 is 0.864. The Morgan fingerprint density at radius 3 is 3.11 bits per heavy atom. The maximum Gasteiger partial charge on any atom is 0.319 e. The Morgan fingerprint density at radius 1 is 1.37 bits per heavy atom. The largest absolute Gasteiger partial charge is 0.365 e. The molecule has 19 heavy (non-hydrogen) atoms. The molecule has 0 saturated carbocycles. The monoisotopic (exact) mass is 278 g/mol. The second-order valence-electron chi connectivity index (χ2n) is 4.48. The first kappa shape index (κ1) is 12.3. The number of hydrogen-bond donors (Lipinski definition) is 1. The zero-order chi connectivity index (χ0) is 13.2. The highest BCUT2D eigenvalue weighted by Gasteiger charge is 2.24. The van der Waals surface area contributed by atoms with Crippen LogP contribution in [0.25, 0.3) is 10.2 Å². The van der Waals surface area contributed by atoms with Gasteiger partial charge in [-0.25, -0.2) is 4.98 Å². The second kappa shape index (κ2) is 5.10. The van der Waals surface area contributed by atoms with E-state index in [0.717, 1.165) is 37.3 Å². The Balaban J connectivity index is 2.10. The minimum Gasteiger partial charge on any atom is -0.365 e. The Labute approximate surface area is 114 Å². The molecule has 0 atom stereocenters. The first-order chi connectivity index (χ1) is 9.27. The van der Waals surface area contributed by atoms with Crippen molar-refractivity contribution in [2.45, 2.75) is 6.42 Å². The van der Waals surface area contributed by atoms with Gasteiger partial charge in [0.05, 0.1) is 15.1 Å². The van der Waals surface area contributed by atoms with Gasteiger partial charge in [-0.1, -0.05) is 0 Å². The maximum absolute atomic E-state index is 11.4. The van der Waals surface area contributed by atoms with Crippen molar-refractivity contribution in [2.24, 2.45) is 0 Å². The molecule has 2 aromatic rings. The predicted molar refractivity (Wildman–Crippen MR) is 76.0 cm³/mol. The van der Waals surface area contributed by atoms with Crippen LogP contribution in [0, 0.1) is 10.1 Å². The molecule has 1 aromatic carbocycles. The summed E-state index contributed by atoms with van der Waals surface area (Å²) in [6.45, 7) is 3.44. The lowest BCUT2D eigenvalue weighted by Gasteiger charge is -2.21. The average molecular weight is 278 g/mol. The number of thiazole rings is 1. The van der Waals surface area contributed by atoms with Crippen molar-refractivity contribution >= 4 is 32.9 Å². The van der Waals surface area contributed by atoms with E-state index in [0.29, 0.717) is 11.2 Å². The van der Waals surface area contributed by atoms with Crippen molar-refractivity contribution < 1.29 is 4.92 Å². The molecule has 2 heterocycles. The Kier molecular flexibility index (Phi) is 3.31. The standard InChI is InChI=1S/C12H14N4O2S/c17-16(18)12-9(15-6-1-4-13-5-7-15)2-3-10-11(12)14-8-19-10/h2-3,8,13H,1,4-7H2. The minimum absolute atomic E-state index is 0.139. The van der Waals surface area contributed by atoms with Gasteiger partial charge in [-0.05, 0) is 25.1 Å². The van der Waals surface area contributed by atoms with E-state index in [1.165, 1.54) is 11.3 Å². The molecule has 0 spiro atoms. The van der Waals surface area contributed by atoms with Gasteiger partial charge in [-0.2, -0.15) is 0 Å². The lowest BCUT2D eigenvalue weighted by atomic mass is 10.2. The SMILES string of the molecule is O=[N+]([O-])c1c(N2CCCNCC2)ccc2scnc12. The van der Waals surface area contributed by atoms with E-state index >= 15 is 0 Å². The highest BCUT2D eigenvalue weighted by molar-refractivity contribution is 7.16. The molecular formula is C12H14N4O2S. The molecule has 0 radical (unpaired) electrons. The fourth-order valence-corrected chi connectivity index (χ4v) is 3.11. The number of aromatic nitrogens is 1. The van der Waals surface area contributed by atoms with Gasteiger partial charge in [0.1, 0.15) is 5.69 Å². The van der Waals surface area contributed by atoms with Gasteiger partial charge in [0.15, 0.2) is 5.52 Å². The lowest BCUT2D eigenvalue weighted by Crippen LogP contribution is -2.28. The van der Waals surface area contributed by atoms with Crippen molar-refractivity contribution in [2.75, 3.05) is 31.1 Å². The fraction of sp³-hybridized carbons (Fsp3) is 0.417. The number of rotatable bonds is 2. The molecule has 0 amide bonds. The molecule has 100 valence electrons. The van der Waals surface area contributed by atoms with Crippen LogP contribution in [-0.2, 0) is 0 Å². The molecule has 1 fully saturated rings. The molecule has 1 N–H and O–H groups in total. The number of nitro benzene ring substituents is 1. The molecule has 3 rings (SSSR count). The molecule has 1 aliphatic rings. The molecule has 0 bridgehead atoms. The van der Waals surface area contributed by atoms with Crippen molar-refractivity contribution in [3.8, 4) is 0 Å². The number of hydrogen-bond acceptors (Lipinski definition) is 6. The molecule has 1 saturated heterocycles. The first-order valence-electron chi connectivity index (χ1n) is 6.23. The molecule has 6 nitrogen and oxygen atoms in total. The van der Waals surface area contributed by atoms with Crippen LogP contribution in [0.4, 0.5) is 11.4 Å². The molecule has 0 aliphatic carbocycles. The fourth-order valence-electron chi connectivity index (χ4n) is 2.43. The van der Waals surface area contributed by atoms with Gasteiger partial charge in [-0.15, -0.1) is 11.3 Å². The summed E-state index contributed by atoms with van der Waals surface area (Å²) in [4.78, 5) is 17.3. The Bertz CT molecular complexity index is 605. The third-order valence-electron chi connectivity index (χ3n) is 3.32. The number of nitrogens with one attached hydrogen (secondary N) is 1. The number of nitrogens with zero attached hydrogens (tertiary/aromatic N) is 3. The van der Waals surface area contributed by atoms with E-state index in [1.807, 2.05) is 12.1 Å². The lowest BCUT2D eigenvalue weighted by molar-refractivity contribution is -0.382. The summed E-state index contributed by atoms with van der Waals surface area (Å²) in [5.74, 6) is 0. The van der Waals surface area contributed by atoms with Crippen LogP contribution in [0.2, 0.25) is 0 Å². The van der Waals surface area contributed by atoms with Crippen LogP contribution >= 0.6 is 11.3 Å². The van der Waals surface area contributed by atoms with Gasteiger partial charge in [0, 0.05) is 19.6 Å². The molecule has 1 aliphatic heterocycles. The number of benzene rings is 1. The van der Waals surface area contributed by atoms with Crippen LogP contribution < -0.4 is 10.2 Å². The van der Waals surface area contributed by atoms with Crippen molar-refractivity contribution in [1.82, 2.24) is 10.3 Å². The van der Waals surface area contributed by atoms with Crippen molar-refractivity contribution in [3.05, 3.63) is 27.8 Å². The van der Waals surface area contributed by atoms with E-state index in [-0.39, 0.29) is 10.6 Å². The van der Waals surface area contributed by atoms with Crippen molar-refractivity contribution in [1.29, 1.82) is 0 Å². The summed E-state index contributed by atoms with van der Waals surface area (Å²) in [6, 6.07) is 3.78. The van der Waals surface area contributed by atoms with E-state index < -0.39 is 0 Å². The van der Waals surface area contributed by atoms with Gasteiger partial charge in [-0.3, -0.25) is 10.1 Å². The highest BCUT2D eigenvalue weighted by atomic mass is 32.1. The quantitative estimate of drug-likeness (QED) is 0.672. The molecule has 1 aromatic heterocycles. The molecule has 7 heteroatoms. The predicted octanol–water partition coefficient (Wildman–Crippen LogP) is 2.00. The van der Waals surface area contributed by atoms with Crippen LogP contribution in [0.3, 0.4) is 0 Å². The zero-order valence-electron chi connectivity index (χ0n) is 10.3. The maximum atomic E-state index is 11.4. The van der Waals surface area contributed by atoms with Gasteiger partial charge in [0.2, 0.25) is 0 Å². The summed E-state index contributed by atoms with van der Waals surface area (Å²) in [5.41, 5.74) is 2.99. The van der Waals surface area contributed by atoms with E-state index in [1.54, 1.807) is 5.51 Å². The smallest absolute Gasteiger partial charge is 0.319 e. The normalized spacial score (nSPS) is 16.5. The van der Waals surface area contributed by atoms with E-state index in [4.69, 9.17) is 0 Å². The first-order valence-corrected chi connectivity index (χ1v) is 7.11. The van der Waals surface area contributed by atoms with Crippen LogP contribution in [-0.4, -0.2) is 36.1 Å². The summed E-state index contributed by atoms with van der Waals surface area (Å²) in [7, 11) is 0. The summed E-state index contributed by atoms with van der Waals surface area (Å²) in [6.07, 6.45) is 0.992. The summed E-state index contributed by atoms with van der Waals surface area (Å²) in [5, 5.41) is 14.7. The molecular weight excluding hydrogens is 264 g/mol. The Hall–Kier alpha value is -1.73. The topological polar surface area (TPSA) is 71.3 Å². The van der Waals surface area contributed by atoms with Gasteiger partial charge < -0.3 is 10.2 Å². The zero-order valence-corrected chi connectivity index (χ0v) is 11.2. The average Bonchev–Trinajstić information content (AvgIpc) is 2.70. The van der Waals surface area contributed by atoms with Gasteiger partial charge in [0.25, 0.3) is 0 Å².